The maximum absolute atomic E-state index is 12.1. The van der Waals surface area contributed by atoms with E-state index in [1.165, 1.54) is 11.2 Å². The minimum atomic E-state index is -0.523. The van der Waals surface area contributed by atoms with Crippen molar-refractivity contribution in [3.8, 4) is 5.88 Å². The van der Waals surface area contributed by atoms with Gasteiger partial charge in [-0.3, -0.25) is 10.3 Å². The highest BCUT2D eigenvalue weighted by molar-refractivity contribution is 6.31. The monoisotopic (exact) mass is 369 g/mol. The molecular formula is C16H12ClN7O2. The van der Waals surface area contributed by atoms with Gasteiger partial charge in [0.25, 0.3) is 5.88 Å². The Morgan fingerprint density at radius 2 is 2.08 bits per heavy atom. The van der Waals surface area contributed by atoms with Crippen LogP contribution in [0.1, 0.15) is 0 Å². The Labute approximate surface area is 152 Å². The van der Waals surface area contributed by atoms with Crippen LogP contribution in [-0.2, 0) is 0 Å². The zero-order valence-electron chi connectivity index (χ0n) is 13.5. The van der Waals surface area contributed by atoms with E-state index in [4.69, 9.17) is 16.3 Å². The summed E-state index contributed by atoms with van der Waals surface area (Å²) < 4.78 is 5.56. The van der Waals surface area contributed by atoms with E-state index >= 15 is 0 Å². The van der Waals surface area contributed by atoms with Crippen LogP contribution in [0.3, 0.4) is 0 Å². The number of nitrogens with one attached hydrogen (secondary N) is 2. The summed E-state index contributed by atoms with van der Waals surface area (Å²) in [6, 6.07) is 8.04. The number of urea groups is 1. The topological polar surface area (TPSA) is 105 Å². The molecule has 4 rings (SSSR count). The molecule has 1 aliphatic rings. The van der Waals surface area contributed by atoms with Crippen LogP contribution in [0.25, 0.3) is 11.0 Å². The number of benzene rings is 1. The minimum Gasteiger partial charge on any atom is -0.401 e. The van der Waals surface area contributed by atoms with Gasteiger partial charge in [0.15, 0.2) is 0 Å². The van der Waals surface area contributed by atoms with E-state index in [1.807, 2.05) is 0 Å². The molecule has 0 fully saturated rings. The highest BCUT2D eigenvalue weighted by atomic mass is 35.5. The lowest BCUT2D eigenvalue weighted by Crippen LogP contribution is -2.41. The SMILES string of the molecule is CN1N=C(NC(=O)Nc2cccnc2)Oc2nc3cc(Cl)ccc3nc21. The molecule has 1 aliphatic heterocycles. The summed E-state index contributed by atoms with van der Waals surface area (Å²) in [6.45, 7) is 0. The minimum absolute atomic E-state index is 0.0305. The lowest BCUT2D eigenvalue weighted by Gasteiger charge is -2.22. The first kappa shape index (κ1) is 16.0. The van der Waals surface area contributed by atoms with Gasteiger partial charge in [0.05, 0.1) is 22.9 Å². The van der Waals surface area contributed by atoms with Gasteiger partial charge >= 0.3 is 12.1 Å². The van der Waals surface area contributed by atoms with E-state index in [1.54, 1.807) is 43.6 Å². The van der Waals surface area contributed by atoms with Crippen LogP contribution in [0, 0.1) is 0 Å². The number of aromatic nitrogens is 3. The number of halogens is 1. The molecule has 3 aromatic rings. The maximum atomic E-state index is 12.1. The summed E-state index contributed by atoms with van der Waals surface area (Å²) in [5, 5.41) is 11.3. The molecule has 0 aliphatic carbocycles. The molecule has 0 atom stereocenters. The van der Waals surface area contributed by atoms with Crippen molar-refractivity contribution in [2.24, 2.45) is 5.10 Å². The number of rotatable bonds is 1. The molecule has 26 heavy (non-hydrogen) atoms. The van der Waals surface area contributed by atoms with Gasteiger partial charge in [-0.05, 0) is 30.3 Å². The van der Waals surface area contributed by atoms with Gasteiger partial charge in [-0.15, -0.1) is 5.10 Å². The number of carbonyl (C=O) groups excluding carboxylic acids is 1. The first-order valence-electron chi connectivity index (χ1n) is 7.54. The fraction of sp³-hybridized carbons (Fsp3) is 0.0625. The number of pyridine rings is 1. The predicted octanol–water partition coefficient (Wildman–Crippen LogP) is 2.60. The zero-order valence-corrected chi connectivity index (χ0v) is 14.2. The van der Waals surface area contributed by atoms with Crippen molar-refractivity contribution in [2.75, 3.05) is 17.4 Å². The van der Waals surface area contributed by atoms with Crippen molar-refractivity contribution in [2.45, 2.75) is 0 Å². The maximum Gasteiger partial charge on any atom is 0.327 e. The molecule has 1 aromatic carbocycles. The Kier molecular flexibility index (Phi) is 3.98. The Morgan fingerprint density at radius 3 is 2.88 bits per heavy atom. The number of nitrogens with zero attached hydrogens (tertiary/aromatic N) is 5. The Bertz CT molecular complexity index is 1030. The van der Waals surface area contributed by atoms with Gasteiger partial charge in [-0.2, -0.15) is 0 Å². The molecule has 0 saturated carbocycles. The summed E-state index contributed by atoms with van der Waals surface area (Å²) in [4.78, 5) is 24.8. The molecule has 0 radical (unpaired) electrons. The molecule has 2 aromatic heterocycles. The van der Waals surface area contributed by atoms with E-state index in [0.717, 1.165) is 0 Å². The highest BCUT2D eigenvalue weighted by Gasteiger charge is 2.23. The first-order valence-corrected chi connectivity index (χ1v) is 7.92. The van der Waals surface area contributed by atoms with E-state index in [0.29, 0.717) is 27.6 Å². The molecule has 0 unspecified atom stereocenters. The van der Waals surface area contributed by atoms with Gasteiger partial charge in [0.1, 0.15) is 0 Å². The summed E-state index contributed by atoms with van der Waals surface area (Å²) in [5.74, 6) is 0.645. The lowest BCUT2D eigenvalue weighted by molar-refractivity contribution is 0.254. The van der Waals surface area contributed by atoms with Gasteiger partial charge in [0, 0.05) is 18.3 Å². The van der Waals surface area contributed by atoms with Crippen LogP contribution < -0.4 is 20.4 Å². The molecule has 9 nitrogen and oxygen atoms in total. The Morgan fingerprint density at radius 1 is 1.19 bits per heavy atom. The Hall–Kier alpha value is -3.46. The van der Waals surface area contributed by atoms with Crippen LogP contribution in [0.4, 0.5) is 16.3 Å². The number of amides is 2. The molecule has 2 N–H and O–H groups in total. The van der Waals surface area contributed by atoms with E-state index in [-0.39, 0.29) is 11.9 Å². The number of hydrogen-bond acceptors (Lipinski definition) is 7. The fourth-order valence-electron chi connectivity index (χ4n) is 2.32. The second kappa shape index (κ2) is 6.45. The second-order valence-electron chi connectivity index (χ2n) is 5.34. The number of fused-ring (bicyclic) bond motifs is 2. The van der Waals surface area contributed by atoms with Crippen LogP contribution >= 0.6 is 11.6 Å². The highest BCUT2D eigenvalue weighted by Crippen LogP contribution is 2.30. The van der Waals surface area contributed by atoms with Crippen molar-refractivity contribution in [1.29, 1.82) is 0 Å². The van der Waals surface area contributed by atoms with E-state index in [9.17, 15) is 4.79 Å². The largest absolute Gasteiger partial charge is 0.401 e. The third-order valence-electron chi connectivity index (χ3n) is 3.46. The van der Waals surface area contributed by atoms with Crippen molar-refractivity contribution >= 4 is 46.2 Å². The number of anilines is 2. The predicted molar refractivity (Wildman–Crippen MR) is 97.4 cm³/mol. The summed E-state index contributed by atoms with van der Waals surface area (Å²) >= 11 is 5.99. The van der Waals surface area contributed by atoms with Crippen molar-refractivity contribution < 1.29 is 9.53 Å². The van der Waals surface area contributed by atoms with Gasteiger partial charge in [-0.1, -0.05) is 11.6 Å². The fourth-order valence-corrected chi connectivity index (χ4v) is 2.49. The standard InChI is InChI=1S/C16H12ClN7O2/c1-24-13-14(21-12-7-9(17)4-5-11(12)20-13)26-16(23-24)22-15(25)19-10-3-2-6-18-8-10/h2-8H,1H3,(H2,19,22,23,25). The number of hydrogen-bond donors (Lipinski definition) is 2. The van der Waals surface area contributed by atoms with Gasteiger partial charge in [0.2, 0.25) is 5.82 Å². The molecule has 2 amide bonds. The van der Waals surface area contributed by atoms with Crippen molar-refractivity contribution in [1.82, 2.24) is 20.3 Å². The van der Waals surface area contributed by atoms with Crippen molar-refractivity contribution in [3.63, 3.8) is 0 Å². The smallest absolute Gasteiger partial charge is 0.327 e. The summed E-state index contributed by atoms with van der Waals surface area (Å²) in [5.41, 5.74) is 1.77. The number of carbonyl (C=O) groups is 1. The normalized spacial score (nSPS) is 12.8. The molecular weight excluding hydrogens is 358 g/mol. The number of ether oxygens (including phenoxy) is 1. The molecule has 0 spiro atoms. The molecule has 3 heterocycles. The van der Waals surface area contributed by atoms with Crippen LogP contribution in [0.5, 0.6) is 5.88 Å². The number of amidine groups is 1. The summed E-state index contributed by atoms with van der Waals surface area (Å²) in [7, 11) is 1.68. The Balaban J connectivity index is 1.55. The molecule has 10 heteroatoms. The summed E-state index contributed by atoms with van der Waals surface area (Å²) in [6.07, 6.45) is 3.13. The average molecular weight is 370 g/mol. The lowest BCUT2D eigenvalue weighted by atomic mass is 10.3. The third kappa shape index (κ3) is 3.20. The van der Waals surface area contributed by atoms with E-state index in [2.05, 4.69) is 30.7 Å². The van der Waals surface area contributed by atoms with Crippen LogP contribution in [0.2, 0.25) is 5.02 Å². The van der Waals surface area contributed by atoms with E-state index < -0.39 is 6.03 Å². The molecule has 130 valence electrons. The number of hydrazone groups is 1. The second-order valence-corrected chi connectivity index (χ2v) is 5.77. The van der Waals surface area contributed by atoms with Crippen LogP contribution in [0.15, 0.2) is 47.8 Å². The molecule has 0 saturated heterocycles. The molecule has 0 bridgehead atoms. The third-order valence-corrected chi connectivity index (χ3v) is 3.69. The quantitative estimate of drug-likeness (QED) is 0.683. The average Bonchev–Trinajstić information content (AvgIpc) is 2.61. The van der Waals surface area contributed by atoms with Gasteiger partial charge in [-0.25, -0.2) is 19.8 Å². The zero-order chi connectivity index (χ0) is 18.1. The van der Waals surface area contributed by atoms with Crippen molar-refractivity contribution in [3.05, 3.63) is 47.7 Å². The first-order chi connectivity index (χ1) is 12.6. The van der Waals surface area contributed by atoms with Gasteiger partial charge < -0.3 is 10.1 Å². The van der Waals surface area contributed by atoms with Crippen LogP contribution in [-0.4, -0.2) is 34.1 Å².